The second-order valence-corrected chi connectivity index (χ2v) is 9.57. The first kappa shape index (κ1) is 25.1. The van der Waals surface area contributed by atoms with Crippen molar-refractivity contribution < 1.29 is 9.47 Å². The summed E-state index contributed by atoms with van der Waals surface area (Å²) in [7, 11) is 4.18. The first-order valence-corrected chi connectivity index (χ1v) is 13.0. The third-order valence-electron chi connectivity index (χ3n) is 6.77. The molecule has 3 aromatic rings. The molecule has 35 heavy (non-hydrogen) atoms. The van der Waals surface area contributed by atoms with Gasteiger partial charge in [-0.05, 0) is 76.3 Å². The van der Waals surface area contributed by atoms with Gasteiger partial charge in [0.1, 0.15) is 17.3 Å². The molecule has 0 bridgehead atoms. The lowest BCUT2D eigenvalue weighted by atomic mass is 9.86. The van der Waals surface area contributed by atoms with Gasteiger partial charge in [-0.2, -0.15) is 0 Å². The number of hydrogen-bond acceptors (Lipinski definition) is 6. The summed E-state index contributed by atoms with van der Waals surface area (Å²) in [6, 6.07) is 17.1. The lowest BCUT2D eigenvalue weighted by Crippen LogP contribution is -2.31. The topological polar surface area (TPSA) is 58.7 Å². The van der Waals surface area contributed by atoms with E-state index in [1.807, 2.05) is 26.0 Å². The largest absolute Gasteiger partial charge is 0.494 e. The van der Waals surface area contributed by atoms with Crippen LogP contribution < -0.4 is 25.0 Å². The highest BCUT2D eigenvalue weighted by Gasteiger charge is 2.22. The minimum absolute atomic E-state index is 0.474. The number of para-hydroxylation sites is 1. The molecule has 6 nitrogen and oxygen atoms in total. The van der Waals surface area contributed by atoms with E-state index in [9.17, 15) is 0 Å². The molecule has 1 aromatic heterocycles. The van der Waals surface area contributed by atoms with Crippen molar-refractivity contribution in [3.63, 3.8) is 0 Å². The summed E-state index contributed by atoms with van der Waals surface area (Å²) in [5.41, 5.74) is 3.40. The summed E-state index contributed by atoms with van der Waals surface area (Å²) < 4.78 is 11.5. The SMILES string of the molecule is CCOc1ccc(OCC)c(CNC[C@H]2CC[C@@H](Nc3cc(N(C)C)c4ccccc4n3)CC2)c1. The highest BCUT2D eigenvalue weighted by molar-refractivity contribution is 5.93. The minimum Gasteiger partial charge on any atom is -0.494 e. The van der Waals surface area contributed by atoms with Crippen LogP contribution in [0.15, 0.2) is 48.5 Å². The van der Waals surface area contributed by atoms with Crippen LogP contribution in [0.4, 0.5) is 11.5 Å². The Hall–Kier alpha value is -2.99. The molecule has 0 spiro atoms. The molecule has 188 valence electrons. The van der Waals surface area contributed by atoms with Gasteiger partial charge in [-0.1, -0.05) is 18.2 Å². The van der Waals surface area contributed by atoms with E-state index in [1.54, 1.807) is 0 Å². The van der Waals surface area contributed by atoms with Crippen LogP contribution in [0.25, 0.3) is 10.9 Å². The van der Waals surface area contributed by atoms with Gasteiger partial charge >= 0.3 is 0 Å². The Labute approximate surface area is 210 Å². The lowest BCUT2D eigenvalue weighted by molar-refractivity contribution is 0.316. The molecule has 0 radical (unpaired) electrons. The van der Waals surface area contributed by atoms with E-state index >= 15 is 0 Å². The van der Waals surface area contributed by atoms with Crippen molar-refractivity contribution in [2.24, 2.45) is 5.92 Å². The molecule has 1 aliphatic carbocycles. The number of nitrogens with one attached hydrogen (secondary N) is 2. The van der Waals surface area contributed by atoms with Gasteiger partial charge in [0, 0.05) is 49.4 Å². The summed E-state index contributed by atoms with van der Waals surface area (Å²) in [4.78, 5) is 7.05. The van der Waals surface area contributed by atoms with Crippen molar-refractivity contribution in [1.82, 2.24) is 10.3 Å². The van der Waals surface area contributed by atoms with E-state index in [4.69, 9.17) is 14.5 Å². The van der Waals surface area contributed by atoms with Crippen LogP contribution in [-0.4, -0.2) is 44.9 Å². The molecule has 0 amide bonds. The maximum absolute atomic E-state index is 5.82. The monoisotopic (exact) mass is 476 g/mol. The minimum atomic E-state index is 0.474. The molecule has 1 aliphatic rings. The van der Waals surface area contributed by atoms with Crippen molar-refractivity contribution >= 4 is 22.4 Å². The van der Waals surface area contributed by atoms with Crippen LogP contribution in [0.1, 0.15) is 45.1 Å². The van der Waals surface area contributed by atoms with Gasteiger partial charge in [0.05, 0.1) is 18.7 Å². The fraction of sp³-hybridized carbons (Fsp3) is 0.483. The normalized spacial score (nSPS) is 17.8. The number of hydrogen-bond donors (Lipinski definition) is 2. The Bertz CT molecular complexity index is 1090. The number of anilines is 2. The van der Waals surface area contributed by atoms with Crippen LogP contribution >= 0.6 is 0 Å². The van der Waals surface area contributed by atoms with Gasteiger partial charge in [-0.25, -0.2) is 4.98 Å². The number of fused-ring (bicyclic) bond motifs is 1. The third kappa shape index (κ3) is 6.57. The second kappa shape index (κ2) is 12.1. The molecule has 6 heteroatoms. The average Bonchev–Trinajstić information content (AvgIpc) is 2.86. The summed E-state index contributed by atoms with van der Waals surface area (Å²) in [5.74, 6) is 3.52. The lowest BCUT2D eigenvalue weighted by Gasteiger charge is -2.30. The standard InChI is InChI=1S/C29H40N4O2/c1-5-34-24-15-16-28(35-6-2)22(17-24)20-30-19-21-11-13-23(14-12-21)31-29-18-27(33(3)4)25-9-7-8-10-26(25)32-29/h7-10,15-18,21,23,30H,5-6,11-14,19-20H2,1-4H3,(H,31,32)/t21-,23+. The Morgan fingerprint density at radius 2 is 1.71 bits per heavy atom. The van der Waals surface area contributed by atoms with Crippen LogP contribution in [0.2, 0.25) is 0 Å². The Morgan fingerprint density at radius 3 is 2.46 bits per heavy atom. The zero-order valence-corrected chi connectivity index (χ0v) is 21.6. The molecular formula is C29H40N4O2. The van der Waals surface area contributed by atoms with Crippen LogP contribution in [0, 0.1) is 5.92 Å². The first-order chi connectivity index (χ1) is 17.1. The van der Waals surface area contributed by atoms with Gasteiger partial charge in [0.15, 0.2) is 0 Å². The maximum atomic E-state index is 5.82. The molecule has 0 unspecified atom stereocenters. The zero-order chi connectivity index (χ0) is 24.6. The number of benzene rings is 2. The smallest absolute Gasteiger partial charge is 0.128 e. The van der Waals surface area contributed by atoms with Gasteiger partial charge in [-0.3, -0.25) is 0 Å². The Balaban J connectivity index is 1.29. The molecule has 1 saturated carbocycles. The fourth-order valence-electron chi connectivity index (χ4n) is 4.98. The molecule has 1 fully saturated rings. The average molecular weight is 477 g/mol. The van der Waals surface area contributed by atoms with Gasteiger partial charge in [0.2, 0.25) is 0 Å². The molecule has 2 aromatic carbocycles. The maximum Gasteiger partial charge on any atom is 0.128 e. The van der Waals surface area contributed by atoms with Crippen LogP contribution in [-0.2, 0) is 6.54 Å². The predicted octanol–water partition coefficient (Wildman–Crippen LogP) is 5.86. The summed E-state index contributed by atoms with van der Waals surface area (Å²) in [6.07, 6.45) is 4.77. The molecule has 1 heterocycles. The number of aromatic nitrogens is 1. The number of nitrogens with zero attached hydrogens (tertiary/aromatic N) is 2. The molecular weight excluding hydrogens is 436 g/mol. The first-order valence-electron chi connectivity index (χ1n) is 13.0. The summed E-state index contributed by atoms with van der Waals surface area (Å²) >= 11 is 0. The van der Waals surface area contributed by atoms with Crippen molar-refractivity contribution in [3.05, 3.63) is 54.1 Å². The number of ether oxygens (including phenoxy) is 2. The fourth-order valence-corrected chi connectivity index (χ4v) is 4.98. The molecule has 4 rings (SSSR count). The summed E-state index contributed by atoms with van der Waals surface area (Å²) in [6.45, 7) is 7.19. The summed E-state index contributed by atoms with van der Waals surface area (Å²) in [5, 5.41) is 8.58. The Morgan fingerprint density at radius 1 is 0.943 bits per heavy atom. The second-order valence-electron chi connectivity index (χ2n) is 9.57. The van der Waals surface area contributed by atoms with Crippen LogP contribution in [0.5, 0.6) is 11.5 Å². The highest BCUT2D eigenvalue weighted by Crippen LogP contribution is 2.31. The van der Waals surface area contributed by atoms with Crippen molar-refractivity contribution in [2.45, 2.75) is 52.1 Å². The quantitative estimate of drug-likeness (QED) is 0.362. The molecule has 0 atom stereocenters. The zero-order valence-electron chi connectivity index (χ0n) is 21.6. The van der Waals surface area contributed by atoms with Gasteiger partial charge < -0.3 is 25.0 Å². The van der Waals surface area contributed by atoms with Gasteiger partial charge in [0.25, 0.3) is 0 Å². The molecule has 0 saturated heterocycles. The van der Waals surface area contributed by atoms with E-state index in [1.165, 1.54) is 36.8 Å². The number of rotatable bonds is 11. The van der Waals surface area contributed by atoms with E-state index < -0.39 is 0 Å². The molecule has 0 aliphatic heterocycles. The third-order valence-corrected chi connectivity index (χ3v) is 6.77. The van der Waals surface area contributed by atoms with Crippen LogP contribution in [0.3, 0.4) is 0 Å². The van der Waals surface area contributed by atoms with Crippen molar-refractivity contribution in [1.29, 1.82) is 0 Å². The highest BCUT2D eigenvalue weighted by atomic mass is 16.5. The van der Waals surface area contributed by atoms with E-state index in [-0.39, 0.29) is 0 Å². The Kier molecular flexibility index (Phi) is 8.69. The van der Waals surface area contributed by atoms with Gasteiger partial charge in [-0.15, -0.1) is 0 Å². The van der Waals surface area contributed by atoms with Crippen molar-refractivity contribution in [3.8, 4) is 11.5 Å². The van der Waals surface area contributed by atoms with E-state index in [0.29, 0.717) is 25.2 Å². The van der Waals surface area contributed by atoms with E-state index in [2.05, 4.69) is 66.0 Å². The van der Waals surface area contributed by atoms with Crippen molar-refractivity contribution in [2.75, 3.05) is 44.1 Å². The van der Waals surface area contributed by atoms with E-state index in [0.717, 1.165) is 41.5 Å². The predicted molar refractivity (Wildman–Crippen MR) is 146 cm³/mol. The molecule has 2 N–H and O–H groups in total. The number of pyridine rings is 1.